The molecule has 0 saturated carbocycles. The van der Waals surface area contributed by atoms with Crippen LogP contribution in [0.25, 0.3) is 22.9 Å². The van der Waals surface area contributed by atoms with Crippen molar-refractivity contribution in [2.45, 2.75) is 25.3 Å². The minimum Gasteiger partial charge on any atom is -0.453 e. The summed E-state index contributed by atoms with van der Waals surface area (Å²) in [4.78, 5) is 37.8. The number of carbonyl (C=O) groups is 2. The van der Waals surface area contributed by atoms with Crippen LogP contribution >= 0.6 is 32.8 Å². The third kappa shape index (κ3) is 8.99. The van der Waals surface area contributed by atoms with Crippen LogP contribution in [-0.4, -0.2) is 75.3 Å². The standard InChI is InChI=1S/C29H29ClIN9O6S/c1-46-29(43)33-22-8-4-19(5-9-22)23-15-25(35-36-28(23)42)24(13-18-3-2-12-39(16-18)47(31,44)45)34-27(41)11-6-20-14-21(30)7-10-26(20)40-17-32-37-38-40/h4-11,14-15,17-18,24H,2-3,12-13,16H2,1H3,(H,33,43)(H,34,41)(H,36,42)/b11-6+/t18?,24-/m0/s1. The zero-order valence-electron chi connectivity index (χ0n) is 24.8. The lowest BCUT2D eigenvalue weighted by Gasteiger charge is -2.32. The summed E-state index contributed by atoms with van der Waals surface area (Å²) in [6.45, 7) is 0.711. The van der Waals surface area contributed by atoms with Crippen molar-refractivity contribution >= 4 is 63.8 Å². The van der Waals surface area contributed by atoms with Crippen LogP contribution in [0, 0.1) is 5.92 Å². The first-order valence-electron chi connectivity index (χ1n) is 14.3. The Morgan fingerprint density at radius 1 is 1.21 bits per heavy atom. The average Bonchev–Trinajstić information content (AvgIpc) is 3.59. The van der Waals surface area contributed by atoms with Gasteiger partial charge in [-0.15, -0.1) is 5.10 Å². The van der Waals surface area contributed by atoms with Gasteiger partial charge in [0, 0.05) is 35.4 Å². The van der Waals surface area contributed by atoms with Crippen molar-refractivity contribution in [1.82, 2.24) is 40.0 Å². The largest absolute Gasteiger partial charge is 0.453 e. The Hall–Kier alpha value is -4.20. The number of nitrogens with zero attached hydrogens (tertiary/aromatic N) is 6. The first kappa shape index (κ1) is 34.1. The molecule has 3 N–H and O–H groups in total. The van der Waals surface area contributed by atoms with Crippen LogP contribution in [0.15, 0.2) is 65.7 Å². The lowest BCUT2D eigenvalue weighted by Crippen LogP contribution is -2.39. The van der Waals surface area contributed by atoms with Crippen LogP contribution < -0.4 is 16.2 Å². The van der Waals surface area contributed by atoms with Crippen LogP contribution in [0.3, 0.4) is 0 Å². The molecule has 0 aliphatic carbocycles. The number of benzene rings is 2. The number of hydrogen-bond acceptors (Lipinski definition) is 10. The maximum atomic E-state index is 13.4. The van der Waals surface area contributed by atoms with E-state index in [2.05, 4.69) is 41.1 Å². The van der Waals surface area contributed by atoms with Crippen LogP contribution in [0.5, 0.6) is 0 Å². The summed E-state index contributed by atoms with van der Waals surface area (Å²) in [5, 5.41) is 24.0. The fourth-order valence-electron chi connectivity index (χ4n) is 5.24. The first-order chi connectivity index (χ1) is 22.5. The van der Waals surface area contributed by atoms with E-state index in [0.29, 0.717) is 58.2 Å². The maximum Gasteiger partial charge on any atom is 0.411 e. The molecule has 2 aromatic carbocycles. The Morgan fingerprint density at radius 3 is 2.70 bits per heavy atom. The van der Waals surface area contributed by atoms with Crippen LogP contribution in [0.1, 0.15) is 36.6 Å². The summed E-state index contributed by atoms with van der Waals surface area (Å²) in [6.07, 6.45) is 5.47. The van der Waals surface area contributed by atoms with Crippen molar-refractivity contribution in [3.63, 3.8) is 0 Å². The van der Waals surface area contributed by atoms with E-state index in [1.165, 1.54) is 49.7 Å². The van der Waals surface area contributed by atoms with E-state index >= 15 is 0 Å². The van der Waals surface area contributed by atoms with E-state index in [-0.39, 0.29) is 12.5 Å². The normalized spacial score (nSPS) is 16.1. The highest BCUT2D eigenvalue weighted by atomic mass is 127. The van der Waals surface area contributed by atoms with Crippen molar-refractivity contribution < 1.29 is 22.7 Å². The second kappa shape index (κ2) is 15.1. The lowest BCUT2D eigenvalue weighted by atomic mass is 9.90. The molecule has 2 atom stereocenters. The van der Waals surface area contributed by atoms with Gasteiger partial charge in [0.1, 0.15) is 6.33 Å². The van der Waals surface area contributed by atoms with E-state index in [1.807, 2.05) is 0 Å². The number of hydrogen-bond donors (Lipinski definition) is 3. The topological polar surface area (TPSA) is 194 Å². The second-order valence-corrected chi connectivity index (χ2v) is 15.7. The van der Waals surface area contributed by atoms with Crippen molar-refractivity contribution in [2.75, 3.05) is 25.5 Å². The zero-order valence-corrected chi connectivity index (χ0v) is 28.6. The van der Waals surface area contributed by atoms with Gasteiger partial charge in [0.2, 0.25) is 5.91 Å². The number of tetrazole rings is 1. The predicted octanol–water partition coefficient (Wildman–Crippen LogP) is 3.90. The van der Waals surface area contributed by atoms with Gasteiger partial charge in [-0.25, -0.2) is 18.3 Å². The smallest absolute Gasteiger partial charge is 0.411 e. The van der Waals surface area contributed by atoms with Gasteiger partial charge in [-0.05, 0) is 83.6 Å². The number of rotatable bonds is 10. The summed E-state index contributed by atoms with van der Waals surface area (Å²) in [5.74, 6) is -0.553. The quantitative estimate of drug-likeness (QED) is 0.121. The molecule has 1 unspecified atom stereocenters. The summed E-state index contributed by atoms with van der Waals surface area (Å²) in [5.41, 5.74) is 2.42. The number of ether oxygens (including phenoxy) is 1. The van der Waals surface area contributed by atoms with Gasteiger partial charge in [-0.1, -0.05) is 23.7 Å². The molecule has 1 aliphatic rings. The van der Waals surface area contributed by atoms with Crippen LogP contribution in [0.4, 0.5) is 10.5 Å². The number of nitrogens with one attached hydrogen (secondary N) is 3. The Bertz CT molecular complexity index is 1940. The van der Waals surface area contributed by atoms with E-state index in [4.69, 9.17) is 11.6 Å². The highest BCUT2D eigenvalue weighted by molar-refractivity contribution is 14.2. The number of anilines is 1. The molecule has 0 radical (unpaired) electrons. The molecule has 2 aromatic heterocycles. The fraction of sp³-hybridized carbons (Fsp3) is 0.276. The summed E-state index contributed by atoms with van der Waals surface area (Å²) < 4.78 is 32.1. The highest BCUT2D eigenvalue weighted by Gasteiger charge is 2.30. The Labute approximate surface area is 286 Å². The number of aromatic nitrogens is 6. The molecular formula is C29H29ClIN9O6S. The van der Waals surface area contributed by atoms with Crippen molar-refractivity contribution in [3.05, 3.63) is 87.6 Å². The van der Waals surface area contributed by atoms with Gasteiger partial charge >= 0.3 is 6.09 Å². The van der Waals surface area contributed by atoms with Gasteiger partial charge in [-0.3, -0.25) is 14.9 Å². The van der Waals surface area contributed by atoms with Gasteiger partial charge in [0.15, 0.2) is 0 Å². The number of H-pyrrole nitrogens is 1. The number of piperidine rings is 1. The molecule has 4 aromatic rings. The third-order valence-electron chi connectivity index (χ3n) is 7.48. The molecule has 5 rings (SSSR count). The van der Waals surface area contributed by atoms with E-state index < -0.39 is 30.8 Å². The van der Waals surface area contributed by atoms with Crippen LogP contribution in [0.2, 0.25) is 5.02 Å². The highest BCUT2D eigenvalue weighted by Crippen LogP contribution is 2.30. The van der Waals surface area contributed by atoms with Crippen molar-refractivity contribution in [1.29, 1.82) is 0 Å². The Balaban J connectivity index is 1.43. The maximum absolute atomic E-state index is 13.4. The van der Waals surface area contributed by atoms with E-state index in [9.17, 15) is 22.8 Å². The lowest BCUT2D eigenvalue weighted by molar-refractivity contribution is -0.117. The molecule has 1 aliphatic heterocycles. The number of halogens is 2. The van der Waals surface area contributed by atoms with Crippen molar-refractivity contribution in [2.24, 2.45) is 5.92 Å². The Kier molecular flexibility index (Phi) is 11.0. The Morgan fingerprint density at radius 2 is 2.00 bits per heavy atom. The van der Waals surface area contributed by atoms with Gasteiger partial charge in [-0.2, -0.15) is 14.1 Å². The number of carbonyl (C=O) groups excluding carboxylic acids is 2. The second-order valence-electron chi connectivity index (χ2n) is 10.6. The zero-order chi connectivity index (χ0) is 33.6. The molecular weight excluding hydrogens is 765 g/mol. The summed E-state index contributed by atoms with van der Waals surface area (Å²) in [6, 6.07) is 12.5. The number of amides is 2. The minimum atomic E-state index is -3.43. The molecule has 18 heteroatoms. The molecule has 3 heterocycles. The summed E-state index contributed by atoms with van der Waals surface area (Å²) >= 11 is 7.66. The fourth-order valence-corrected chi connectivity index (χ4v) is 7.23. The number of methoxy groups -OCH3 is 1. The minimum absolute atomic E-state index is 0.0947. The SMILES string of the molecule is COC(=O)Nc1ccc(-c2cc([C@H](CC3CCCN(S(=O)(=O)I)C3)NC(=O)/C=C/c3cc(Cl)ccc3-n3cnnn3)n[nH]c2=O)cc1. The van der Waals surface area contributed by atoms with Crippen molar-refractivity contribution in [3.8, 4) is 16.8 Å². The molecule has 246 valence electrons. The molecule has 2 amide bonds. The van der Waals surface area contributed by atoms with Gasteiger partial charge in [0.25, 0.3) is 12.8 Å². The van der Waals surface area contributed by atoms with Gasteiger partial charge in [0.05, 0.1) is 51.3 Å². The molecule has 0 spiro atoms. The summed E-state index contributed by atoms with van der Waals surface area (Å²) in [7, 11) is -2.17. The van der Waals surface area contributed by atoms with Gasteiger partial charge < -0.3 is 10.1 Å². The average molecular weight is 794 g/mol. The third-order valence-corrected chi connectivity index (χ3v) is 10.3. The van der Waals surface area contributed by atoms with E-state index in [0.717, 1.165) is 6.42 Å². The first-order valence-corrected chi connectivity index (χ1v) is 18.6. The van der Waals surface area contributed by atoms with E-state index in [1.54, 1.807) is 54.6 Å². The molecule has 47 heavy (non-hydrogen) atoms. The predicted molar refractivity (Wildman–Crippen MR) is 182 cm³/mol. The molecule has 0 bridgehead atoms. The van der Waals surface area contributed by atoms with Crippen LogP contribution in [-0.2, 0) is 16.7 Å². The molecule has 1 saturated heterocycles. The monoisotopic (exact) mass is 793 g/mol. The molecule has 1 fully saturated rings. The molecule has 15 nitrogen and oxygen atoms in total. The number of aromatic amines is 1.